The van der Waals surface area contributed by atoms with E-state index in [1.807, 2.05) is 6.07 Å². The van der Waals surface area contributed by atoms with Crippen molar-refractivity contribution in [2.45, 2.75) is 38.8 Å². The van der Waals surface area contributed by atoms with Crippen LogP contribution >= 0.6 is 0 Å². The number of fused-ring (bicyclic) bond motifs is 1. The number of nitrogens with zero attached hydrogens (tertiary/aromatic N) is 1. The van der Waals surface area contributed by atoms with E-state index in [9.17, 15) is 4.39 Å². The zero-order valence-electron chi connectivity index (χ0n) is 10.5. The van der Waals surface area contributed by atoms with Gasteiger partial charge in [0.2, 0.25) is 0 Å². The van der Waals surface area contributed by atoms with Crippen LogP contribution in [0.4, 0.5) is 4.39 Å². The van der Waals surface area contributed by atoms with Crippen molar-refractivity contribution in [3.05, 3.63) is 35.1 Å². The van der Waals surface area contributed by atoms with Gasteiger partial charge in [-0.2, -0.15) is 0 Å². The molecule has 0 aromatic heterocycles. The zero-order chi connectivity index (χ0) is 12.3. The van der Waals surface area contributed by atoms with E-state index in [-0.39, 0.29) is 11.9 Å². The SMILES string of the molecule is CCCCCN1Cc2ccc(F)cc2C1CN. The number of hydrogen-bond donors (Lipinski definition) is 1. The Hall–Kier alpha value is -0.930. The highest BCUT2D eigenvalue weighted by molar-refractivity contribution is 5.34. The third-order valence-corrected chi connectivity index (χ3v) is 3.55. The minimum Gasteiger partial charge on any atom is -0.329 e. The summed E-state index contributed by atoms with van der Waals surface area (Å²) in [6, 6.07) is 5.29. The van der Waals surface area contributed by atoms with Gasteiger partial charge in [-0.25, -0.2) is 4.39 Å². The Morgan fingerprint density at radius 1 is 1.41 bits per heavy atom. The molecule has 1 atom stereocenters. The monoisotopic (exact) mass is 236 g/mol. The van der Waals surface area contributed by atoms with Crippen molar-refractivity contribution in [1.29, 1.82) is 0 Å². The van der Waals surface area contributed by atoms with Gasteiger partial charge in [0, 0.05) is 19.1 Å². The second kappa shape index (κ2) is 5.61. The van der Waals surface area contributed by atoms with Crippen LogP contribution in [0.5, 0.6) is 0 Å². The van der Waals surface area contributed by atoms with Crippen LogP contribution in [-0.4, -0.2) is 18.0 Å². The zero-order valence-corrected chi connectivity index (χ0v) is 10.5. The largest absolute Gasteiger partial charge is 0.329 e. The molecule has 1 unspecified atom stereocenters. The summed E-state index contributed by atoms with van der Waals surface area (Å²) >= 11 is 0. The summed E-state index contributed by atoms with van der Waals surface area (Å²) in [5.41, 5.74) is 8.15. The Morgan fingerprint density at radius 2 is 2.24 bits per heavy atom. The van der Waals surface area contributed by atoms with Crippen molar-refractivity contribution in [1.82, 2.24) is 4.90 Å². The van der Waals surface area contributed by atoms with Crippen molar-refractivity contribution >= 4 is 0 Å². The fourth-order valence-electron chi connectivity index (χ4n) is 2.62. The molecule has 2 nitrogen and oxygen atoms in total. The lowest BCUT2D eigenvalue weighted by Gasteiger charge is -2.23. The maximum absolute atomic E-state index is 13.2. The third kappa shape index (κ3) is 2.67. The van der Waals surface area contributed by atoms with Crippen LogP contribution in [0, 0.1) is 5.82 Å². The Balaban J connectivity index is 2.08. The van der Waals surface area contributed by atoms with Gasteiger partial charge in [-0.1, -0.05) is 25.8 Å². The summed E-state index contributed by atoms with van der Waals surface area (Å²) < 4.78 is 13.2. The summed E-state index contributed by atoms with van der Waals surface area (Å²) in [7, 11) is 0. The van der Waals surface area contributed by atoms with E-state index in [1.165, 1.54) is 24.8 Å². The number of unbranched alkanes of at least 4 members (excludes halogenated alkanes) is 2. The second-order valence-corrected chi connectivity index (χ2v) is 4.77. The van der Waals surface area contributed by atoms with E-state index in [4.69, 9.17) is 5.73 Å². The maximum Gasteiger partial charge on any atom is 0.123 e. The standard InChI is InChI=1S/C14H21FN2/c1-2-3-4-7-17-10-11-5-6-12(15)8-13(11)14(17)9-16/h5-6,8,14H,2-4,7,9-10,16H2,1H3. The summed E-state index contributed by atoms with van der Waals surface area (Å²) in [6.45, 7) is 4.75. The van der Waals surface area contributed by atoms with Gasteiger partial charge < -0.3 is 5.73 Å². The normalized spacial score (nSPS) is 19.6. The summed E-state index contributed by atoms with van der Waals surface area (Å²) in [4.78, 5) is 2.37. The molecule has 0 spiro atoms. The van der Waals surface area contributed by atoms with E-state index in [1.54, 1.807) is 12.1 Å². The van der Waals surface area contributed by atoms with Gasteiger partial charge in [0.25, 0.3) is 0 Å². The van der Waals surface area contributed by atoms with Gasteiger partial charge in [0.05, 0.1) is 0 Å². The molecule has 0 amide bonds. The molecule has 0 bridgehead atoms. The number of nitrogens with two attached hydrogens (primary N) is 1. The second-order valence-electron chi connectivity index (χ2n) is 4.77. The molecule has 0 radical (unpaired) electrons. The fourth-order valence-corrected chi connectivity index (χ4v) is 2.62. The molecule has 94 valence electrons. The average Bonchev–Trinajstić information content (AvgIpc) is 2.66. The molecule has 0 fully saturated rings. The number of benzene rings is 1. The molecule has 3 heteroatoms. The van der Waals surface area contributed by atoms with Gasteiger partial charge in [0.1, 0.15) is 5.82 Å². The third-order valence-electron chi connectivity index (χ3n) is 3.55. The average molecular weight is 236 g/mol. The van der Waals surface area contributed by atoms with Crippen molar-refractivity contribution < 1.29 is 4.39 Å². The molecule has 1 heterocycles. The van der Waals surface area contributed by atoms with Crippen molar-refractivity contribution in [2.75, 3.05) is 13.1 Å². The van der Waals surface area contributed by atoms with Crippen LogP contribution in [0.15, 0.2) is 18.2 Å². The number of halogens is 1. The lowest BCUT2D eigenvalue weighted by Crippen LogP contribution is -2.28. The first-order chi connectivity index (χ1) is 8.26. The predicted octanol–water partition coefficient (Wildman–Crippen LogP) is 2.83. The van der Waals surface area contributed by atoms with Crippen LogP contribution in [0.3, 0.4) is 0 Å². The highest BCUT2D eigenvalue weighted by Gasteiger charge is 2.28. The molecule has 1 aliphatic heterocycles. The van der Waals surface area contributed by atoms with Crippen LogP contribution in [0.1, 0.15) is 43.4 Å². The smallest absolute Gasteiger partial charge is 0.123 e. The molecule has 1 aliphatic rings. The van der Waals surface area contributed by atoms with Gasteiger partial charge in [-0.05, 0) is 36.2 Å². The van der Waals surface area contributed by atoms with Crippen LogP contribution in [0.25, 0.3) is 0 Å². The maximum atomic E-state index is 13.2. The molecule has 2 rings (SSSR count). The molecule has 2 N–H and O–H groups in total. The molecular weight excluding hydrogens is 215 g/mol. The number of rotatable bonds is 5. The van der Waals surface area contributed by atoms with Crippen LogP contribution in [0.2, 0.25) is 0 Å². The molecule has 0 saturated carbocycles. The lowest BCUT2D eigenvalue weighted by molar-refractivity contribution is 0.215. The number of hydrogen-bond acceptors (Lipinski definition) is 2. The van der Waals surface area contributed by atoms with E-state index in [0.717, 1.165) is 18.7 Å². The summed E-state index contributed by atoms with van der Waals surface area (Å²) in [6.07, 6.45) is 3.67. The van der Waals surface area contributed by atoms with E-state index >= 15 is 0 Å². The Bertz CT molecular complexity index is 378. The van der Waals surface area contributed by atoms with Gasteiger partial charge in [-0.3, -0.25) is 4.90 Å². The van der Waals surface area contributed by atoms with Gasteiger partial charge in [-0.15, -0.1) is 0 Å². The van der Waals surface area contributed by atoms with Crippen molar-refractivity contribution in [2.24, 2.45) is 5.73 Å². The molecule has 0 saturated heterocycles. The Morgan fingerprint density at radius 3 is 2.94 bits per heavy atom. The first kappa shape index (κ1) is 12.5. The molecule has 0 aliphatic carbocycles. The van der Waals surface area contributed by atoms with Crippen LogP contribution in [-0.2, 0) is 6.54 Å². The van der Waals surface area contributed by atoms with E-state index in [0.29, 0.717) is 6.54 Å². The Kier molecular flexibility index (Phi) is 4.13. The minimum atomic E-state index is -0.155. The Labute approximate surface area is 103 Å². The van der Waals surface area contributed by atoms with Crippen molar-refractivity contribution in [3.63, 3.8) is 0 Å². The topological polar surface area (TPSA) is 29.3 Å². The first-order valence-corrected chi connectivity index (χ1v) is 6.48. The van der Waals surface area contributed by atoms with E-state index < -0.39 is 0 Å². The van der Waals surface area contributed by atoms with Gasteiger partial charge >= 0.3 is 0 Å². The van der Waals surface area contributed by atoms with Crippen molar-refractivity contribution in [3.8, 4) is 0 Å². The summed E-state index contributed by atoms with van der Waals surface area (Å²) in [5.74, 6) is -0.155. The first-order valence-electron chi connectivity index (χ1n) is 6.48. The van der Waals surface area contributed by atoms with Gasteiger partial charge in [0.15, 0.2) is 0 Å². The highest BCUT2D eigenvalue weighted by atomic mass is 19.1. The lowest BCUT2D eigenvalue weighted by atomic mass is 10.0. The van der Waals surface area contributed by atoms with E-state index in [2.05, 4.69) is 11.8 Å². The minimum absolute atomic E-state index is 0.155. The predicted molar refractivity (Wildman–Crippen MR) is 68.1 cm³/mol. The molecule has 1 aromatic rings. The molecular formula is C14H21FN2. The van der Waals surface area contributed by atoms with Crippen LogP contribution < -0.4 is 5.73 Å². The summed E-state index contributed by atoms with van der Waals surface area (Å²) in [5, 5.41) is 0. The molecule has 17 heavy (non-hydrogen) atoms. The highest BCUT2D eigenvalue weighted by Crippen LogP contribution is 2.33. The molecule has 1 aromatic carbocycles. The fraction of sp³-hybridized carbons (Fsp3) is 0.571. The quantitative estimate of drug-likeness (QED) is 0.797.